The Morgan fingerprint density at radius 1 is 1.25 bits per heavy atom. The molecule has 1 atom stereocenters. The maximum Gasteiger partial charge on any atom is 0.147 e. The molecule has 0 aromatic rings. The van der Waals surface area contributed by atoms with Crippen molar-refractivity contribution in [1.29, 1.82) is 0 Å². The summed E-state index contributed by atoms with van der Waals surface area (Å²) in [7, 11) is -2.89. The lowest BCUT2D eigenvalue weighted by Crippen LogP contribution is -2.39. The second-order valence-electron chi connectivity index (χ2n) is 6.15. The molecule has 0 aromatic carbocycles. The molecule has 0 amide bonds. The van der Waals surface area contributed by atoms with Gasteiger partial charge in [-0.15, -0.1) is 0 Å². The summed E-state index contributed by atoms with van der Waals surface area (Å²) in [4.78, 5) is 0. The van der Waals surface area contributed by atoms with Gasteiger partial charge in [-0.1, -0.05) is 20.3 Å². The summed E-state index contributed by atoms with van der Waals surface area (Å²) in [5.74, 6) is 0.190. The van der Waals surface area contributed by atoms with Crippen molar-refractivity contribution in [1.82, 2.24) is 0 Å². The molecule has 16 heavy (non-hydrogen) atoms. The van der Waals surface area contributed by atoms with Gasteiger partial charge in [0.25, 0.3) is 0 Å². The fourth-order valence-electron chi connectivity index (χ4n) is 2.84. The third-order valence-electron chi connectivity index (χ3n) is 3.46. The van der Waals surface area contributed by atoms with Gasteiger partial charge in [0.05, 0.1) is 5.60 Å². The fourth-order valence-corrected chi connectivity index (χ4v) is 3.51. The van der Waals surface area contributed by atoms with Gasteiger partial charge in [0.2, 0.25) is 0 Å². The Kier molecular flexibility index (Phi) is 4.06. The van der Waals surface area contributed by atoms with Crippen LogP contribution >= 0.6 is 0 Å². The van der Waals surface area contributed by atoms with Gasteiger partial charge in [-0.3, -0.25) is 0 Å². The maximum absolute atomic E-state index is 11.0. The lowest BCUT2D eigenvalue weighted by atomic mass is 9.68. The molecule has 0 radical (unpaired) electrons. The van der Waals surface area contributed by atoms with Crippen LogP contribution in [0.4, 0.5) is 0 Å². The highest BCUT2D eigenvalue weighted by Gasteiger charge is 2.37. The maximum atomic E-state index is 11.0. The fraction of sp³-hybridized carbons (Fsp3) is 1.00. The molecule has 1 fully saturated rings. The van der Waals surface area contributed by atoms with E-state index in [2.05, 4.69) is 13.8 Å². The van der Waals surface area contributed by atoms with Crippen LogP contribution in [0, 0.1) is 5.41 Å². The first-order chi connectivity index (χ1) is 7.12. The molecule has 1 rings (SSSR count). The number of hydrogen-bond acceptors (Lipinski definition) is 3. The molecule has 3 nitrogen and oxygen atoms in total. The molecule has 1 unspecified atom stereocenters. The van der Waals surface area contributed by atoms with Crippen LogP contribution in [-0.2, 0) is 9.84 Å². The molecular formula is C12H24O3S. The first-order valence-electron chi connectivity index (χ1n) is 6.02. The average molecular weight is 248 g/mol. The Labute approximate surface area is 99.2 Å². The van der Waals surface area contributed by atoms with E-state index in [9.17, 15) is 13.5 Å². The van der Waals surface area contributed by atoms with E-state index in [0.717, 1.165) is 25.7 Å². The minimum Gasteiger partial charge on any atom is -0.390 e. The smallest absolute Gasteiger partial charge is 0.147 e. The van der Waals surface area contributed by atoms with E-state index in [1.807, 2.05) is 0 Å². The van der Waals surface area contributed by atoms with Crippen LogP contribution in [0.25, 0.3) is 0 Å². The van der Waals surface area contributed by atoms with Crippen LogP contribution in [0.1, 0.15) is 52.4 Å². The second-order valence-corrected chi connectivity index (χ2v) is 8.41. The van der Waals surface area contributed by atoms with Crippen LogP contribution in [0.3, 0.4) is 0 Å². The van der Waals surface area contributed by atoms with Crippen LogP contribution < -0.4 is 0 Å². The summed E-state index contributed by atoms with van der Waals surface area (Å²) in [5.41, 5.74) is -0.440. The van der Waals surface area contributed by atoms with E-state index >= 15 is 0 Å². The zero-order valence-corrected chi connectivity index (χ0v) is 11.4. The number of hydrogen-bond donors (Lipinski definition) is 1. The zero-order chi connectivity index (χ0) is 12.4. The first-order valence-corrected chi connectivity index (χ1v) is 8.08. The van der Waals surface area contributed by atoms with E-state index < -0.39 is 15.4 Å². The first kappa shape index (κ1) is 14.0. The number of rotatable bonds is 4. The SMILES string of the molecule is CC1(C)CCCC(O)(CCCS(C)(=O)=O)C1. The molecule has 0 spiro atoms. The van der Waals surface area contributed by atoms with Crippen LogP contribution in [0.2, 0.25) is 0 Å². The van der Waals surface area contributed by atoms with Gasteiger partial charge in [-0.2, -0.15) is 0 Å². The highest BCUT2D eigenvalue weighted by Crippen LogP contribution is 2.42. The average Bonchev–Trinajstić information content (AvgIpc) is 1.97. The van der Waals surface area contributed by atoms with Gasteiger partial charge < -0.3 is 5.11 Å². The molecule has 0 saturated heterocycles. The molecule has 4 heteroatoms. The van der Waals surface area contributed by atoms with Gasteiger partial charge >= 0.3 is 0 Å². The molecule has 0 bridgehead atoms. The Bertz CT molecular complexity index is 332. The molecule has 0 heterocycles. The molecule has 96 valence electrons. The highest BCUT2D eigenvalue weighted by atomic mass is 32.2. The van der Waals surface area contributed by atoms with Gasteiger partial charge in [0.15, 0.2) is 0 Å². The van der Waals surface area contributed by atoms with E-state index in [4.69, 9.17) is 0 Å². The standard InChI is InChI=1S/C12H24O3S/c1-11(2)6-4-7-12(13,10-11)8-5-9-16(3,14)15/h13H,4-10H2,1-3H3. The monoisotopic (exact) mass is 248 g/mol. The molecule has 1 saturated carbocycles. The van der Waals surface area contributed by atoms with Gasteiger partial charge in [0, 0.05) is 12.0 Å². The third kappa shape index (κ3) is 4.83. The summed E-state index contributed by atoms with van der Waals surface area (Å²) < 4.78 is 22.0. The van der Waals surface area contributed by atoms with Gasteiger partial charge in [0.1, 0.15) is 9.84 Å². The number of sulfone groups is 1. The topological polar surface area (TPSA) is 54.4 Å². The minimum absolute atomic E-state index is 0.190. The molecule has 1 aliphatic carbocycles. The summed E-state index contributed by atoms with van der Waals surface area (Å²) in [6.45, 7) is 4.35. The quantitative estimate of drug-likeness (QED) is 0.829. The van der Waals surface area contributed by atoms with Crippen molar-refractivity contribution in [2.75, 3.05) is 12.0 Å². The lowest BCUT2D eigenvalue weighted by molar-refractivity contribution is -0.0451. The van der Waals surface area contributed by atoms with Crippen molar-refractivity contribution < 1.29 is 13.5 Å². The summed E-state index contributed by atoms with van der Waals surface area (Å²) in [6.07, 6.45) is 6.25. The predicted molar refractivity (Wildman–Crippen MR) is 66.1 cm³/mol. The Morgan fingerprint density at radius 2 is 1.88 bits per heavy atom. The number of aliphatic hydroxyl groups is 1. The van der Waals surface area contributed by atoms with Crippen molar-refractivity contribution in [2.24, 2.45) is 5.41 Å². The third-order valence-corrected chi connectivity index (χ3v) is 4.49. The molecular weight excluding hydrogens is 224 g/mol. The van der Waals surface area contributed by atoms with Gasteiger partial charge in [-0.05, 0) is 37.5 Å². The summed E-state index contributed by atoms with van der Waals surface area (Å²) >= 11 is 0. The molecule has 1 aliphatic rings. The van der Waals surface area contributed by atoms with Crippen molar-refractivity contribution in [3.05, 3.63) is 0 Å². The normalized spacial score (nSPS) is 30.2. The molecule has 0 aromatic heterocycles. The van der Waals surface area contributed by atoms with Crippen LogP contribution in [0.15, 0.2) is 0 Å². The molecule has 1 N–H and O–H groups in total. The van der Waals surface area contributed by atoms with Crippen LogP contribution in [0.5, 0.6) is 0 Å². The van der Waals surface area contributed by atoms with E-state index in [1.165, 1.54) is 6.26 Å². The molecule has 0 aliphatic heterocycles. The van der Waals surface area contributed by atoms with E-state index in [1.54, 1.807) is 0 Å². The largest absolute Gasteiger partial charge is 0.390 e. The van der Waals surface area contributed by atoms with Crippen LogP contribution in [-0.4, -0.2) is 31.1 Å². The van der Waals surface area contributed by atoms with Gasteiger partial charge in [-0.25, -0.2) is 8.42 Å². The Balaban J connectivity index is 2.46. The minimum atomic E-state index is -2.89. The van der Waals surface area contributed by atoms with Crippen molar-refractivity contribution in [3.63, 3.8) is 0 Å². The highest BCUT2D eigenvalue weighted by molar-refractivity contribution is 7.90. The predicted octanol–water partition coefficient (Wildman–Crippen LogP) is 2.14. The summed E-state index contributed by atoms with van der Waals surface area (Å²) in [6, 6.07) is 0. The van der Waals surface area contributed by atoms with Crippen molar-refractivity contribution >= 4 is 9.84 Å². The Morgan fingerprint density at radius 3 is 2.38 bits per heavy atom. The van der Waals surface area contributed by atoms with Crippen molar-refractivity contribution in [2.45, 2.75) is 58.0 Å². The zero-order valence-electron chi connectivity index (χ0n) is 10.6. The second kappa shape index (κ2) is 4.65. The lowest BCUT2D eigenvalue weighted by Gasteiger charge is -2.41. The Hall–Kier alpha value is -0.0900. The summed E-state index contributed by atoms with van der Waals surface area (Å²) in [5, 5.41) is 10.4. The van der Waals surface area contributed by atoms with Crippen molar-refractivity contribution in [3.8, 4) is 0 Å². The van der Waals surface area contributed by atoms with E-state index in [0.29, 0.717) is 12.8 Å². The van der Waals surface area contributed by atoms with E-state index in [-0.39, 0.29) is 11.2 Å².